The topological polar surface area (TPSA) is 237 Å². The van der Waals surface area contributed by atoms with Crippen molar-refractivity contribution >= 4 is 33.3 Å². The van der Waals surface area contributed by atoms with E-state index in [1.807, 2.05) is 0 Å². The molecule has 6 unspecified atom stereocenters. The van der Waals surface area contributed by atoms with Crippen LogP contribution in [0.4, 0.5) is 0 Å². The average molecular weight is 459 g/mol. The van der Waals surface area contributed by atoms with Crippen LogP contribution in [0.15, 0.2) is 9.98 Å². The Hall–Kier alpha value is -1.29. The zero-order valence-electron chi connectivity index (χ0n) is 14.7. The molecule has 2 saturated heterocycles. The quantitative estimate of drug-likeness (QED) is 0.211. The number of carbonyl (C=O) groups excluding carboxylic acids is 1. The van der Waals surface area contributed by atoms with E-state index in [-0.39, 0.29) is 18.5 Å². The van der Waals surface area contributed by atoms with Crippen molar-refractivity contribution < 1.29 is 52.4 Å². The molecule has 0 saturated carbocycles. The van der Waals surface area contributed by atoms with Crippen LogP contribution in [0.5, 0.6) is 0 Å². The molecule has 3 aliphatic rings. The van der Waals surface area contributed by atoms with Gasteiger partial charge in [-0.1, -0.05) is 0 Å². The molecule has 1 amide bonds. The lowest BCUT2D eigenvalue weighted by Gasteiger charge is -2.28. The van der Waals surface area contributed by atoms with Gasteiger partial charge in [0.15, 0.2) is 12.3 Å². The molecule has 0 aromatic carbocycles. The molecule has 0 aliphatic carbocycles. The van der Waals surface area contributed by atoms with Crippen LogP contribution in [0.1, 0.15) is 0 Å². The van der Waals surface area contributed by atoms with Crippen molar-refractivity contribution in [2.75, 3.05) is 20.3 Å². The second kappa shape index (κ2) is 7.76. The third-order valence-corrected chi connectivity index (χ3v) is 6.45. The van der Waals surface area contributed by atoms with E-state index in [4.69, 9.17) is 20.3 Å². The molecule has 16 nitrogen and oxygen atoms in total. The van der Waals surface area contributed by atoms with Crippen LogP contribution < -0.4 is 5.73 Å². The summed E-state index contributed by atoms with van der Waals surface area (Å²) >= 11 is 0. The molecule has 2 fully saturated rings. The van der Waals surface area contributed by atoms with Crippen molar-refractivity contribution in [3.63, 3.8) is 0 Å². The molecule has 18 heteroatoms. The first kappa shape index (κ1) is 22.4. The number of amidine groups is 1. The molecule has 3 rings (SSSR count). The molecule has 0 radical (unpaired) electrons. The van der Waals surface area contributed by atoms with E-state index in [0.717, 1.165) is 0 Å². The summed E-state index contributed by atoms with van der Waals surface area (Å²) in [7, 11) is -8.89. The van der Waals surface area contributed by atoms with Gasteiger partial charge in [0.1, 0.15) is 24.1 Å². The number of carbonyl (C=O) groups is 1. The van der Waals surface area contributed by atoms with E-state index in [1.54, 1.807) is 11.9 Å². The number of fused-ring (bicyclic) bond motifs is 1. The highest BCUT2D eigenvalue weighted by Crippen LogP contribution is 2.57. The molecule has 0 aromatic rings. The van der Waals surface area contributed by atoms with Crippen LogP contribution >= 0.6 is 15.6 Å². The van der Waals surface area contributed by atoms with Crippen molar-refractivity contribution in [3.05, 3.63) is 0 Å². The molecule has 3 aliphatic heterocycles. The maximum absolute atomic E-state index is 12.1. The number of nitrogens with two attached hydrogens (primary N) is 1. The van der Waals surface area contributed by atoms with Gasteiger partial charge < -0.3 is 40.3 Å². The number of likely N-dealkylation sites (N-methyl/N-ethyl adjacent to an activating group) is 1. The fourth-order valence-corrected chi connectivity index (χ4v) is 4.75. The second-order valence-electron chi connectivity index (χ2n) is 6.43. The summed E-state index contributed by atoms with van der Waals surface area (Å²) in [5.74, 6) is -0.716. The van der Waals surface area contributed by atoms with Crippen molar-refractivity contribution in [2.24, 2.45) is 15.7 Å². The minimum atomic E-state index is -5.32. The van der Waals surface area contributed by atoms with E-state index in [9.17, 15) is 29.0 Å². The lowest BCUT2D eigenvalue weighted by molar-refractivity contribution is -0.120. The normalized spacial score (nSPS) is 35.3. The highest BCUT2D eigenvalue weighted by Gasteiger charge is 2.52. The molecule has 7 N–H and O–H groups in total. The van der Waals surface area contributed by atoms with E-state index < -0.39 is 58.7 Å². The molecular formula is C11H19N5O11P2. The number of hydrogen-bond acceptors (Lipinski definition) is 12. The predicted molar refractivity (Wildman–Crippen MR) is 91.9 cm³/mol. The second-order valence-corrected chi connectivity index (χ2v) is 9.26. The van der Waals surface area contributed by atoms with Crippen molar-refractivity contribution in [1.29, 1.82) is 0 Å². The fraction of sp³-hybridized carbons (Fsp3) is 0.727. The Morgan fingerprint density at radius 3 is 2.52 bits per heavy atom. The zero-order valence-corrected chi connectivity index (χ0v) is 16.5. The molecule has 3 heterocycles. The van der Waals surface area contributed by atoms with Gasteiger partial charge in [-0.2, -0.15) is 14.3 Å². The summed E-state index contributed by atoms with van der Waals surface area (Å²) in [6, 6.07) is -0.861. The lowest BCUT2D eigenvalue weighted by atomic mass is 10.1. The molecule has 0 aromatic heterocycles. The largest absolute Gasteiger partial charge is 0.481 e. The zero-order chi connectivity index (χ0) is 21.7. The van der Waals surface area contributed by atoms with Crippen molar-refractivity contribution in [3.8, 4) is 0 Å². The molecule has 0 bridgehead atoms. The SMILES string of the molecule is CN1CN(C2OC(COP(=O)(O)OP(=O)(O)O)C(O)C2O)C2=NC(N)=NC(=O)C21. The number of guanidine groups is 1. The number of nitrogens with zero attached hydrogens (tertiary/aromatic N) is 4. The summed E-state index contributed by atoms with van der Waals surface area (Å²) in [5.41, 5.74) is 5.51. The van der Waals surface area contributed by atoms with Crippen LogP contribution in [0.3, 0.4) is 0 Å². The van der Waals surface area contributed by atoms with Gasteiger partial charge in [0, 0.05) is 0 Å². The monoisotopic (exact) mass is 459 g/mol. The summed E-state index contributed by atoms with van der Waals surface area (Å²) in [5, 5.41) is 20.5. The first-order valence-corrected chi connectivity index (χ1v) is 11.0. The number of ether oxygens (including phenoxy) is 1. The predicted octanol–water partition coefficient (Wildman–Crippen LogP) is -3.51. The number of phosphoric acid groups is 2. The molecule has 29 heavy (non-hydrogen) atoms. The number of amides is 1. The van der Waals surface area contributed by atoms with Gasteiger partial charge in [-0.15, -0.1) is 0 Å². The number of aliphatic hydroxyl groups excluding tert-OH is 2. The number of aliphatic imine (C=N–C) groups is 2. The van der Waals surface area contributed by atoms with Gasteiger partial charge in [-0.05, 0) is 7.05 Å². The van der Waals surface area contributed by atoms with Crippen LogP contribution in [0.2, 0.25) is 0 Å². The van der Waals surface area contributed by atoms with Gasteiger partial charge >= 0.3 is 15.6 Å². The molecule has 6 atom stereocenters. The molecule has 0 spiro atoms. The van der Waals surface area contributed by atoms with Gasteiger partial charge in [-0.25, -0.2) is 9.13 Å². The third kappa shape index (κ3) is 4.73. The Bertz CT molecular complexity index is 845. The van der Waals surface area contributed by atoms with Crippen LogP contribution in [-0.2, 0) is 27.5 Å². The smallest absolute Gasteiger partial charge is 0.387 e. The van der Waals surface area contributed by atoms with Gasteiger partial charge in [0.05, 0.1) is 13.3 Å². The first-order chi connectivity index (χ1) is 13.3. The standard InChI is InChI=1S/C11H19N5O11P2/c1-15-3-16(8-5(15)9(19)14-11(12)13-8)10-7(18)6(17)4(26-10)2-25-29(23,24)27-28(20,21)22/h4-7,10,17-18H,2-3H2,1H3,(H,23,24)(H2,12,14,19)(H2,20,21,22). The average Bonchev–Trinajstić information content (AvgIpc) is 3.01. The van der Waals surface area contributed by atoms with Crippen LogP contribution in [0.25, 0.3) is 0 Å². The van der Waals surface area contributed by atoms with Crippen LogP contribution in [0, 0.1) is 0 Å². The number of hydrogen-bond donors (Lipinski definition) is 6. The Morgan fingerprint density at radius 2 is 1.90 bits per heavy atom. The fourth-order valence-electron chi connectivity index (χ4n) is 3.15. The number of aliphatic hydroxyl groups is 2. The Morgan fingerprint density at radius 1 is 1.24 bits per heavy atom. The van der Waals surface area contributed by atoms with Gasteiger partial charge in [-0.3, -0.25) is 14.2 Å². The highest BCUT2D eigenvalue weighted by molar-refractivity contribution is 7.60. The van der Waals surface area contributed by atoms with Gasteiger partial charge in [0.2, 0.25) is 5.96 Å². The molecule has 164 valence electrons. The Labute approximate surface area is 163 Å². The lowest BCUT2D eigenvalue weighted by Crippen LogP contribution is -2.48. The van der Waals surface area contributed by atoms with Gasteiger partial charge in [0.25, 0.3) is 5.91 Å². The summed E-state index contributed by atoms with van der Waals surface area (Å²) in [6.07, 6.45) is -5.75. The Kier molecular flexibility index (Phi) is 5.99. The van der Waals surface area contributed by atoms with E-state index in [0.29, 0.717) is 0 Å². The minimum absolute atomic E-state index is 0.0554. The van der Waals surface area contributed by atoms with E-state index in [2.05, 4.69) is 18.8 Å². The maximum Gasteiger partial charge on any atom is 0.481 e. The maximum atomic E-state index is 12.1. The molecular weight excluding hydrogens is 440 g/mol. The number of phosphoric ester groups is 1. The van der Waals surface area contributed by atoms with Crippen LogP contribution in [-0.4, -0.2) is 103 Å². The van der Waals surface area contributed by atoms with Crippen molar-refractivity contribution in [2.45, 2.75) is 30.6 Å². The Balaban J connectivity index is 1.72. The third-order valence-electron chi connectivity index (χ3n) is 4.30. The summed E-state index contributed by atoms with van der Waals surface area (Å²) in [6.45, 7) is -0.787. The van der Waals surface area contributed by atoms with E-state index in [1.165, 1.54) is 4.90 Å². The van der Waals surface area contributed by atoms with E-state index >= 15 is 0 Å². The minimum Gasteiger partial charge on any atom is -0.387 e. The first-order valence-electron chi connectivity index (χ1n) is 7.98. The summed E-state index contributed by atoms with van der Waals surface area (Å²) in [4.78, 5) is 49.0. The summed E-state index contributed by atoms with van der Waals surface area (Å²) < 4.78 is 35.8. The highest BCUT2D eigenvalue weighted by atomic mass is 31.3. The van der Waals surface area contributed by atoms with Crippen molar-refractivity contribution in [1.82, 2.24) is 9.80 Å². The number of rotatable bonds is 6.